The molecule has 0 saturated heterocycles. The van der Waals surface area contributed by atoms with Crippen LogP contribution in [0.3, 0.4) is 0 Å². The standard InChI is InChI=1S/C12H11BrClN3O/c13-8-9(15)10(16)12(17-11(8)14)18-6-7-4-2-1-3-5-7/h1-5H,6,16H2,(H2,15,17). The van der Waals surface area contributed by atoms with Gasteiger partial charge in [0.15, 0.2) is 0 Å². The molecule has 1 heterocycles. The molecule has 0 fully saturated rings. The Morgan fingerprint density at radius 2 is 1.83 bits per heavy atom. The number of aromatic nitrogens is 1. The zero-order valence-corrected chi connectivity index (χ0v) is 11.7. The number of pyridine rings is 1. The van der Waals surface area contributed by atoms with E-state index in [2.05, 4.69) is 20.9 Å². The lowest BCUT2D eigenvalue weighted by atomic mass is 10.2. The van der Waals surface area contributed by atoms with Crippen LogP contribution in [0.2, 0.25) is 5.15 Å². The second-order valence-corrected chi connectivity index (χ2v) is 4.77. The van der Waals surface area contributed by atoms with Crippen LogP contribution in [0.25, 0.3) is 0 Å². The highest BCUT2D eigenvalue weighted by Crippen LogP contribution is 2.36. The summed E-state index contributed by atoms with van der Waals surface area (Å²) in [6, 6.07) is 9.68. The lowest BCUT2D eigenvalue weighted by molar-refractivity contribution is 0.296. The van der Waals surface area contributed by atoms with Crippen molar-refractivity contribution in [1.29, 1.82) is 0 Å². The summed E-state index contributed by atoms with van der Waals surface area (Å²) in [6.07, 6.45) is 0. The van der Waals surface area contributed by atoms with Crippen LogP contribution < -0.4 is 16.2 Å². The maximum atomic E-state index is 5.90. The van der Waals surface area contributed by atoms with Crippen LogP contribution in [0, 0.1) is 0 Å². The molecule has 0 aliphatic carbocycles. The van der Waals surface area contributed by atoms with Crippen LogP contribution in [-0.4, -0.2) is 4.98 Å². The van der Waals surface area contributed by atoms with Gasteiger partial charge < -0.3 is 16.2 Å². The summed E-state index contributed by atoms with van der Waals surface area (Å²) < 4.78 is 6.00. The van der Waals surface area contributed by atoms with E-state index in [1.54, 1.807) is 0 Å². The van der Waals surface area contributed by atoms with E-state index in [9.17, 15) is 0 Å². The van der Waals surface area contributed by atoms with Gasteiger partial charge in [-0.2, -0.15) is 4.98 Å². The zero-order valence-electron chi connectivity index (χ0n) is 9.36. The van der Waals surface area contributed by atoms with Crippen molar-refractivity contribution in [3.63, 3.8) is 0 Å². The molecule has 0 bridgehead atoms. The molecule has 1 aromatic carbocycles. The van der Waals surface area contributed by atoms with Crippen molar-refractivity contribution in [2.24, 2.45) is 0 Å². The van der Waals surface area contributed by atoms with Gasteiger partial charge in [0.05, 0.1) is 10.2 Å². The van der Waals surface area contributed by atoms with Gasteiger partial charge in [0.2, 0.25) is 5.88 Å². The molecule has 0 amide bonds. The summed E-state index contributed by atoms with van der Waals surface area (Å²) in [6.45, 7) is 0.357. The van der Waals surface area contributed by atoms with E-state index in [1.807, 2.05) is 30.3 Å². The number of nitrogen functional groups attached to an aromatic ring is 2. The number of benzene rings is 1. The lowest BCUT2D eigenvalue weighted by Crippen LogP contribution is -2.05. The minimum Gasteiger partial charge on any atom is -0.471 e. The van der Waals surface area contributed by atoms with Gasteiger partial charge in [-0.15, -0.1) is 0 Å². The number of nitrogens with two attached hydrogens (primary N) is 2. The van der Waals surface area contributed by atoms with Gasteiger partial charge in [-0.05, 0) is 21.5 Å². The summed E-state index contributed by atoms with van der Waals surface area (Å²) in [5, 5.41) is 0.227. The Morgan fingerprint density at radius 1 is 1.17 bits per heavy atom. The molecule has 2 aromatic rings. The summed E-state index contributed by atoms with van der Waals surface area (Å²) in [4.78, 5) is 4.04. The zero-order chi connectivity index (χ0) is 13.1. The fourth-order valence-electron chi connectivity index (χ4n) is 1.38. The van der Waals surface area contributed by atoms with Crippen molar-refractivity contribution in [3.05, 3.63) is 45.5 Å². The van der Waals surface area contributed by atoms with E-state index in [-0.39, 0.29) is 16.7 Å². The summed E-state index contributed by atoms with van der Waals surface area (Å²) in [5.74, 6) is 0.240. The van der Waals surface area contributed by atoms with E-state index in [0.29, 0.717) is 16.8 Å². The van der Waals surface area contributed by atoms with E-state index in [4.69, 9.17) is 27.8 Å². The Labute approximate surface area is 118 Å². The van der Waals surface area contributed by atoms with E-state index < -0.39 is 0 Å². The fourth-order valence-corrected chi connectivity index (χ4v) is 1.86. The molecule has 0 radical (unpaired) electrons. The molecule has 4 N–H and O–H groups in total. The van der Waals surface area contributed by atoms with Gasteiger partial charge in [0, 0.05) is 0 Å². The first-order valence-electron chi connectivity index (χ1n) is 5.16. The van der Waals surface area contributed by atoms with Crippen molar-refractivity contribution in [1.82, 2.24) is 4.98 Å². The highest BCUT2D eigenvalue weighted by atomic mass is 79.9. The Balaban J connectivity index is 2.20. The van der Waals surface area contributed by atoms with E-state index in [0.717, 1.165) is 5.56 Å². The van der Waals surface area contributed by atoms with Crippen LogP contribution in [0.4, 0.5) is 11.4 Å². The Kier molecular flexibility index (Phi) is 3.93. The van der Waals surface area contributed by atoms with Gasteiger partial charge in [-0.25, -0.2) is 0 Å². The molecule has 0 aliphatic heterocycles. The molecule has 0 atom stereocenters. The third-order valence-electron chi connectivity index (χ3n) is 2.36. The number of anilines is 2. The monoisotopic (exact) mass is 327 g/mol. The number of ether oxygens (including phenoxy) is 1. The molecule has 4 nitrogen and oxygen atoms in total. The third kappa shape index (κ3) is 2.68. The highest BCUT2D eigenvalue weighted by molar-refractivity contribution is 9.10. The van der Waals surface area contributed by atoms with Gasteiger partial charge in [-0.1, -0.05) is 41.9 Å². The largest absolute Gasteiger partial charge is 0.471 e. The minimum atomic E-state index is 0.227. The van der Waals surface area contributed by atoms with Crippen molar-refractivity contribution in [2.75, 3.05) is 11.5 Å². The number of hydrogen-bond acceptors (Lipinski definition) is 4. The third-order valence-corrected chi connectivity index (χ3v) is 3.66. The summed E-state index contributed by atoms with van der Waals surface area (Å²) in [5.41, 5.74) is 13.2. The molecular formula is C12H11BrClN3O. The molecule has 18 heavy (non-hydrogen) atoms. The topological polar surface area (TPSA) is 74.2 Å². The van der Waals surface area contributed by atoms with Crippen LogP contribution in [0.15, 0.2) is 34.8 Å². The first kappa shape index (κ1) is 13.0. The molecule has 94 valence electrons. The first-order chi connectivity index (χ1) is 8.59. The average molecular weight is 329 g/mol. The Morgan fingerprint density at radius 3 is 2.50 bits per heavy atom. The smallest absolute Gasteiger partial charge is 0.241 e. The molecule has 0 saturated carbocycles. The maximum absolute atomic E-state index is 5.90. The van der Waals surface area contributed by atoms with Gasteiger partial charge in [-0.3, -0.25) is 0 Å². The normalized spacial score (nSPS) is 10.3. The molecule has 0 spiro atoms. The van der Waals surface area contributed by atoms with Crippen molar-refractivity contribution in [3.8, 4) is 5.88 Å². The predicted molar refractivity (Wildman–Crippen MR) is 76.5 cm³/mol. The van der Waals surface area contributed by atoms with Gasteiger partial charge >= 0.3 is 0 Å². The fraction of sp³-hybridized carbons (Fsp3) is 0.0833. The number of rotatable bonds is 3. The summed E-state index contributed by atoms with van der Waals surface area (Å²) >= 11 is 9.10. The highest BCUT2D eigenvalue weighted by Gasteiger charge is 2.13. The van der Waals surface area contributed by atoms with Crippen LogP contribution in [-0.2, 0) is 6.61 Å². The SMILES string of the molecule is Nc1c(OCc2ccccc2)nc(Cl)c(Br)c1N. The lowest BCUT2D eigenvalue weighted by Gasteiger charge is -2.11. The Hall–Kier alpha value is -1.46. The van der Waals surface area contributed by atoms with Crippen LogP contribution >= 0.6 is 27.5 Å². The van der Waals surface area contributed by atoms with Crippen LogP contribution in [0.1, 0.15) is 5.56 Å². The van der Waals surface area contributed by atoms with Gasteiger partial charge in [0.1, 0.15) is 17.4 Å². The predicted octanol–water partition coefficient (Wildman–Crippen LogP) is 3.24. The second-order valence-electron chi connectivity index (χ2n) is 3.62. The van der Waals surface area contributed by atoms with Crippen molar-refractivity contribution in [2.45, 2.75) is 6.61 Å². The van der Waals surface area contributed by atoms with Crippen molar-refractivity contribution < 1.29 is 4.74 Å². The number of hydrogen-bond donors (Lipinski definition) is 2. The number of halogens is 2. The molecule has 0 aliphatic rings. The molecule has 0 unspecified atom stereocenters. The molecule has 2 rings (SSSR count). The number of nitrogens with zero attached hydrogens (tertiary/aromatic N) is 1. The quantitative estimate of drug-likeness (QED) is 0.848. The first-order valence-corrected chi connectivity index (χ1v) is 6.33. The average Bonchev–Trinajstić information content (AvgIpc) is 2.40. The molecule has 6 heteroatoms. The van der Waals surface area contributed by atoms with Crippen LogP contribution in [0.5, 0.6) is 5.88 Å². The minimum absolute atomic E-state index is 0.227. The molecule has 1 aromatic heterocycles. The van der Waals surface area contributed by atoms with E-state index in [1.165, 1.54) is 0 Å². The van der Waals surface area contributed by atoms with Gasteiger partial charge in [0.25, 0.3) is 0 Å². The van der Waals surface area contributed by atoms with E-state index >= 15 is 0 Å². The van der Waals surface area contributed by atoms with Crippen molar-refractivity contribution >= 4 is 38.9 Å². The summed E-state index contributed by atoms with van der Waals surface area (Å²) in [7, 11) is 0. The second kappa shape index (κ2) is 5.46. The maximum Gasteiger partial charge on any atom is 0.241 e. The molecular weight excluding hydrogens is 318 g/mol. The Bertz CT molecular complexity index is 563.